The highest BCUT2D eigenvalue weighted by atomic mass is 32.4. The Kier molecular flexibility index (Phi) is 4.71. The Hall–Kier alpha value is 0.874. The molecule has 0 atom stereocenters. The van der Waals surface area contributed by atoms with E-state index in [0.717, 1.165) is 0 Å². The lowest BCUT2D eigenvalue weighted by atomic mass is 11.8. The van der Waals surface area contributed by atoms with Crippen molar-refractivity contribution in [1.29, 1.82) is 0 Å². The van der Waals surface area contributed by atoms with Gasteiger partial charge in [-0.2, -0.15) is 0 Å². The van der Waals surface area contributed by atoms with Gasteiger partial charge in [0.25, 0.3) is 0 Å². The molecule has 0 rings (SSSR count). The lowest BCUT2D eigenvalue weighted by Gasteiger charge is -2.15. The summed E-state index contributed by atoms with van der Waals surface area (Å²) in [7, 11) is -2.37. The molecular formula is C6H20N2PSSi2+. The zero-order valence-corrected chi connectivity index (χ0v) is 12.6. The van der Waals surface area contributed by atoms with Gasteiger partial charge in [-0.3, -0.25) is 0 Å². The van der Waals surface area contributed by atoms with Gasteiger partial charge in [0.05, 0.1) is 0 Å². The molecule has 0 fully saturated rings. The molecule has 72 valence electrons. The van der Waals surface area contributed by atoms with Crippen LogP contribution in [0, 0.1) is 0 Å². The van der Waals surface area contributed by atoms with Gasteiger partial charge in [-0.15, -0.1) is 9.51 Å². The average Bonchev–Trinajstić information content (AvgIpc) is 1.49. The second-order valence-corrected chi connectivity index (χ2v) is 17.5. The molecule has 0 unspecified atom stereocenters. The van der Waals surface area contributed by atoms with E-state index in [9.17, 15) is 0 Å². The van der Waals surface area contributed by atoms with Crippen molar-refractivity contribution in [3.05, 3.63) is 0 Å². The van der Waals surface area contributed by atoms with Crippen molar-refractivity contribution in [2.75, 3.05) is 0 Å². The van der Waals surface area contributed by atoms with E-state index < -0.39 is 23.5 Å². The fraction of sp³-hybridized carbons (Fsp3) is 1.00. The molecule has 12 heavy (non-hydrogen) atoms. The molecule has 0 aliphatic carbocycles. The van der Waals surface area contributed by atoms with E-state index in [1.807, 2.05) is 0 Å². The predicted octanol–water partition coefficient (Wildman–Crippen LogP) is 2.61. The fourth-order valence-electron chi connectivity index (χ4n) is 0.637. The molecular weight excluding hydrogens is 219 g/mol. The molecule has 0 aromatic carbocycles. The van der Waals surface area contributed by atoms with Gasteiger partial charge in [-0.25, -0.2) is 0 Å². The standard InChI is InChI=1S/C6H20N2PSSi2/c1-11(2,3)7-9(10)8-12(4,5)6/h1-6H3,(H2,7,8,10)/q+1. The Morgan fingerprint density at radius 3 is 1.25 bits per heavy atom. The monoisotopic (exact) mass is 239 g/mol. The summed E-state index contributed by atoms with van der Waals surface area (Å²) in [6.07, 6.45) is 0. The molecule has 0 saturated heterocycles. The maximum absolute atomic E-state index is 5.35. The van der Waals surface area contributed by atoms with Gasteiger partial charge in [-0.1, -0.05) is 39.3 Å². The maximum atomic E-state index is 5.35. The minimum Gasteiger partial charge on any atom is -0.146 e. The number of hydrogen-bond acceptors (Lipinski definition) is 1. The zero-order chi connectivity index (χ0) is 9.99. The molecule has 2 nitrogen and oxygen atoms in total. The van der Waals surface area contributed by atoms with Crippen LogP contribution in [0.25, 0.3) is 0 Å². The summed E-state index contributed by atoms with van der Waals surface area (Å²) in [5.74, 6) is 0. The lowest BCUT2D eigenvalue weighted by Crippen LogP contribution is -2.44. The van der Waals surface area contributed by atoms with Crippen molar-refractivity contribution < 1.29 is 0 Å². The molecule has 0 aromatic rings. The lowest BCUT2D eigenvalue weighted by molar-refractivity contribution is 1.35. The van der Waals surface area contributed by atoms with Crippen LogP contribution in [0.4, 0.5) is 0 Å². The Balaban J connectivity index is 3.92. The van der Waals surface area contributed by atoms with Gasteiger partial charge in [0.1, 0.15) is 0 Å². The maximum Gasteiger partial charge on any atom is 0.345 e. The number of rotatable bonds is 4. The molecule has 0 aliphatic heterocycles. The van der Waals surface area contributed by atoms with Crippen molar-refractivity contribution in [3.8, 4) is 0 Å². The highest BCUT2D eigenvalue weighted by Crippen LogP contribution is 2.17. The van der Waals surface area contributed by atoms with Crippen LogP contribution in [0.15, 0.2) is 0 Å². The van der Waals surface area contributed by atoms with E-state index in [0.29, 0.717) is 0 Å². The minimum atomic E-state index is -1.19. The van der Waals surface area contributed by atoms with Crippen LogP contribution in [-0.4, -0.2) is 16.5 Å². The first-order valence-corrected chi connectivity index (χ1v) is 13.5. The summed E-state index contributed by atoms with van der Waals surface area (Å²) in [6, 6.07) is 0. The van der Waals surface area contributed by atoms with Crippen LogP contribution in [0.1, 0.15) is 0 Å². The molecule has 0 spiro atoms. The Labute approximate surface area is 84.2 Å². The summed E-state index contributed by atoms with van der Waals surface area (Å²) in [5, 5.41) is 0. The van der Waals surface area contributed by atoms with Crippen LogP contribution in [-0.2, 0) is 11.8 Å². The fourth-order valence-corrected chi connectivity index (χ4v) is 11.2. The van der Waals surface area contributed by atoms with Crippen molar-refractivity contribution in [3.63, 3.8) is 0 Å². The smallest absolute Gasteiger partial charge is 0.146 e. The first-order valence-electron chi connectivity index (χ1n) is 4.13. The summed E-state index contributed by atoms with van der Waals surface area (Å²) < 4.78 is 7.04. The molecule has 0 radical (unpaired) electrons. The van der Waals surface area contributed by atoms with Crippen molar-refractivity contribution in [2.24, 2.45) is 0 Å². The zero-order valence-electron chi connectivity index (χ0n) is 8.86. The molecule has 0 heterocycles. The average molecular weight is 239 g/mol. The van der Waals surface area contributed by atoms with Crippen LogP contribution >= 0.6 is 7.00 Å². The Bertz CT molecular complexity index is 155. The number of hydrogen-bond donors (Lipinski definition) is 2. The van der Waals surface area contributed by atoms with E-state index in [1.54, 1.807) is 0 Å². The van der Waals surface area contributed by atoms with Crippen LogP contribution in [0.3, 0.4) is 0 Å². The topological polar surface area (TPSA) is 24.1 Å². The minimum absolute atomic E-state index is 0.550. The molecule has 2 N–H and O–H groups in total. The second kappa shape index (κ2) is 4.39. The largest absolute Gasteiger partial charge is 0.345 e. The molecule has 0 amide bonds. The van der Waals surface area contributed by atoms with E-state index in [4.69, 9.17) is 11.8 Å². The van der Waals surface area contributed by atoms with Gasteiger partial charge in [0.2, 0.25) is 11.8 Å². The summed E-state index contributed by atoms with van der Waals surface area (Å²) in [4.78, 5) is 0. The normalized spacial score (nSPS) is 13.2. The quantitative estimate of drug-likeness (QED) is 0.582. The summed E-state index contributed by atoms with van der Waals surface area (Å²) >= 11 is 5.35. The van der Waals surface area contributed by atoms with Gasteiger partial charge < -0.3 is 0 Å². The van der Waals surface area contributed by atoms with Crippen LogP contribution < -0.4 is 9.51 Å². The molecule has 0 saturated carbocycles. The first kappa shape index (κ1) is 12.9. The third kappa shape index (κ3) is 8.97. The summed E-state index contributed by atoms with van der Waals surface area (Å²) in [5.41, 5.74) is 0. The third-order valence-electron chi connectivity index (χ3n) is 0.874. The first-order chi connectivity index (χ1) is 5.10. The Morgan fingerprint density at radius 2 is 1.08 bits per heavy atom. The predicted molar refractivity (Wildman–Crippen MR) is 67.2 cm³/mol. The number of nitrogens with one attached hydrogen (secondary N) is 2. The summed E-state index contributed by atoms with van der Waals surface area (Å²) in [6.45, 7) is 13.1. The van der Waals surface area contributed by atoms with E-state index in [-0.39, 0.29) is 0 Å². The van der Waals surface area contributed by atoms with Gasteiger partial charge in [0, 0.05) is 0 Å². The molecule has 0 bridgehead atoms. The van der Waals surface area contributed by atoms with E-state index in [1.165, 1.54) is 0 Å². The van der Waals surface area contributed by atoms with E-state index >= 15 is 0 Å². The van der Waals surface area contributed by atoms with Crippen molar-refractivity contribution in [1.82, 2.24) is 9.51 Å². The van der Waals surface area contributed by atoms with Crippen LogP contribution in [0.5, 0.6) is 0 Å². The van der Waals surface area contributed by atoms with Crippen molar-refractivity contribution >= 4 is 35.3 Å². The third-order valence-corrected chi connectivity index (χ3v) is 9.51. The molecule has 0 aliphatic rings. The van der Waals surface area contributed by atoms with Crippen molar-refractivity contribution in [2.45, 2.75) is 39.3 Å². The Morgan fingerprint density at radius 1 is 0.833 bits per heavy atom. The van der Waals surface area contributed by atoms with E-state index in [2.05, 4.69) is 48.8 Å². The highest BCUT2D eigenvalue weighted by Gasteiger charge is 2.28. The second-order valence-electron chi connectivity index (χ2n) is 5.02. The van der Waals surface area contributed by atoms with Gasteiger partial charge in [0.15, 0.2) is 16.5 Å². The molecule has 6 heteroatoms. The van der Waals surface area contributed by atoms with Gasteiger partial charge in [-0.05, 0) is 0 Å². The molecule has 0 aromatic heterocycles. The SMILES string of the molecule is C[Si](C)(C)N[P+](=S)N[Si](C)(C)C. The van der Waals surface area contributed by atoms with Crippen LogP contribution in [0.2, 0.25) is 39.3 Å². The highest BCUT2D eigenvalue weighted by molar-refractivity contribution is 8.04. The van der Waals surface area contributed by atoms with Gasteiger partial charge >= 0.3 is 7.00 Å².